The van der Waals surface area contributed by atoms with Crippen LogP contribution in [-0.2, 0) is 29.3 Å². The van der Waals surface area contributed by atoms with Crippen LogP contribution in [0.4, 0.5) is 26.3 Å². The summed E-state index contributed by atoms with van der Waals surface area (Å²) in [5.74, 6) is -1.72. The molecule has 0 spiro atoms. The van der Waals surface area contributed by atoms with Crippen molar-refractivity contribution in [3.8, 4) is 0 Å². The third-order valence-electron chi connectivity index (χ3n) is 4.75. The molecule has 34 heavy (non-hydrogen) atoms. The van der Waals surface area contributed by atoms with Gasteiger partial charge in [-0.1, -0.05) is 24.3 Å². The normalized spacial score (nSPS) is 19.9. The van der Waals surface area contributed by atoms with E-state index in [4.69, 9.17) is 0 Å². The van der Waals surface area contributed by atoms with Gasteiger partial charge >= 0.3 is 11.0 Å². The third kappa shape index (κ3) is 4.46. The molecule has 3 rings (SSSR count). The molecule has 16 heteroatoms. The lowest BCUT2D eigenvalue weighted by molar-refractivity contribution is -0.137. The van der Waals surface area contributed by atoms with E-state index in [-0.39, 0.29) is 11.1 Å². The minimum atomic E-state index is -5.62. The van der Waals surface area contributed by atoms with Crippen molar-refractivity contribution in [2.24, 2.45) is 0 Å². The van der Waals surface area contributed by atoms with Crippen LogP contribution < -0.4 is 10.6 Å². The maximum atomic E-state index is 12.6. The number of benzene rings is 2. The predicted molar refractivity (Wildman–Crippen MR) is 101 cm³/mol. The molecule has 8 nitrogen and oxygen atoms in total. The highest BCUT2D eigenvalue weighted by atomic mass is 32.2. The zero-order chi connectivity index (χ0) is 25.7. The van der Waals surface area contributed by atoms with Crippen molar-refractivity contribution in [3.05, 3.63) is 59.7 Å². The average molecular weight is 530 g/mol. The maximum Gasteiger partial charge on any atom is 0.501 e. The first-order chi connectivity index (χ1) is 15.5. The second kappa shape index (κ2) is 8.26. The van der Waals surface area contributed by atoms with E-state index in [0.29, 0.717) is 24.3 Å². The van der Waals surface area contributed by atoms with Crippen LogP contribution in [-0.4, -0.2) is 39.7 Å². The van der Waals surface area contributed by atoms with Crippen LogP contribution in [0.1, 0.15) is 23.2 Å². The van der Waals surface area contributed by atoms with Crippen molar-refractivity contribution in [1.29, 1.82) is 0 Å². The molecule has 0 saturated carbocycles. The quantitative estimate of drug-likeness (QED) is 0.585. The van der Waals surface area contributed by atoms with Crippen molar-refractivity contribution in [2.45, 2.75) is 32.9 Å². The number of carbonyl (C=O) groups excluding carboxylic acids is 2. The molecule has 1 heterocycles. The highest BCUT2D eigenvalue weighted by molar-refractivity contribution is 7.92. The number of hydrogen-bond acceptors (Lipinski definition) is 6. The highest BCUT2D eigenvalue weighted by Gasteiger charge is 2.48. The molecule has 1 aliphatic heterocycles. The molecule has 2 aromatic carbocycles. The number of hydrogen-bond donors (Lipinski definition) is 2. The summed E-state index contributed by atoms with van der Waals surface area (Å²) < 4.78 is 122. The van der Waals surface area contributed by atoms with Gasteiger partial charge in [-0.25, -0.2) is 16.8 Å². The van der Waals surface area contributed by atoms with Gasteiger partial charge in [0.05, 0.1) is 9.79 Å². The Labute approximate surface area is 187 Å². The Balaban J connectivity index is 1.80. The lowest BCUT2D eigenvalue weighted by atomic mass is 9.98. The Bertz CT molecular complexity index is 1230. The molecule has 1 saturated heterocycles. The molecule has 0 aromatic heterocycles. The molecule has 1 fully saturated rings. The van der Waals surface area contributed by atoms with Crippen molar-refractivity contribution >= 4 is 31.5 Å². The Kier molecular flexibility index (Phi) is 6.19. The summed E-state index contributed by atoms with van der Waals surface area (Å²) in [4.78, 5) is 22.8. The van der Waals surface area contributed by atoms with Crippen molar-refractivity contribution in [3.63, 3.8) is 0 Å². The number of sulfone groups is 2. The molecule has 0 bridgehead atoms. The van der Waals surface area contributed by atoms with Crippen LogP contribution in [0.5, 0.6) is 0 Å². The third-order valence-corrected chi connectivity index (χ3v) is 7.76. The second-order valence-corrected chi connectivity index (χ2v) is 10.8. The molecule has 0 unspecified atom stereocenters. The van der Waals surface area contributed by atoms with Crippen molar-refractivity contribution in [2.75, 3.05) is 0 Å². The number of rotatable bonds is 4. The first-order valence-electron chi connectivity index (χ1n) is 8.90. The summed E-state index contributed by atoms with van der Waals surface area (Å²) in [5.41, 5.74) is -11.2. The van der Waals surface area contributed by atoms with Gasteiger partial charge in [-0.05, 0) is 35.4 Å². The van der Waals surface area contributed by atoms with E-state index in [1.54, 1.807) is 0 Å². The molecule has 0 radical (unpaired) electrons. The first-order valence-corrected chi connectivity index (χ1v) is 11.9. The maximum absolute atomic E-state index is 12.6. The molecule has 0 aliphatic carbocycles. The van der Waals surface area contributed by atoms with Crippen molar-refractivity contribution in [1.82, 2.24) is 10.6 Å². The molecule has 1 aliphatic rings. The molecule has 184 valence electrons. The molecule has 2 N–H and O–H groups in total. The molecule has 2 amide bonds. The fourth-order valence-electron chi connectivity index (χ4n) is 3.00. The van der Waals surface area contributed by atoms with Crippen molar-refractivity contribution < 1.29 is 52.8 Å². The van der Waals surface area contributed by atoms with E-state index in [1.807, 2.05) is 0 Å². The van der Waals surface area contributed by atoms with E-state index in [9.17, 15) is 52.8 Å². The Morgan fingerprint density at radius 1 is 0.559 bits per heavy atom. The number of nitrogens with one attached hydrogen (secondary N) is 2. The van der Waals surface area contributed by atoms with Gasteiger partial charge in [0, 0.05) is 0 Å². The van der Waals surface area contributed by atoms with Gasteiger partial charge < -0.3 is 10.6 Å². The minimum absolute atomic E-state index is 0.0444. The minimum Gasteiger partial charge on any atom is -0.338 e. The van der Waals surface area contributed by atoms with E-state index in [0.717, 1.165) is 24.3 Å². The smallest absolute Gasteiger partial charge is 0.338 e. The van der Waals surface area contributed by atoms with Gasteiger partial charge in [0.25, 0.3) is 19.7 Å². The van der Waals surface area contributed by atoms with E-state index in [2.05, 4.69) is 10.6 Å². The van der Waals surface area contributed by atoms with E-state index < -0.39 is 64.4 Å². The SMILES string of the molecule is O=C1N[C@H](c2ccc(S(=O)(=O)C(F)(F)F)cc2)C(=O)N[C@@H]1c1ccc(S(=O)(=O)C(F)(F)F)cc1. The summed E-state index contributed by atoms with van der Waals surface area (Å²) in [6, 6.07) is 3.26. The number of halogens is 6. The molecular weight excluding hydrogens is 518 g/mol. The van der Waals surface area contributed by atoms with Crippen LogP contribution in [0.25, 0.3) is 0 Å². The van der Waals surface area contributed by atoms with Crippen LogP contribution in [0.3, 0.4) is 0 Å². The van der Waals surface area contributed by atoms with Crippen LogP contribution >= 0.6 is 0 Å². The predicted octanol–water partition coefficient (Wildman–Crippen LogP) is 2.30. The monoisotopic (exact) mass is 530 g/mol. The Morgan fingerprint density at radius 3 is 1.06 bits per heavy atom. The second-order valence-electron chi connectivity index (χ2n) is 6.92. The zero-order valence-electron chi connectivity index (χ0n) is 16.3. The molecule has 2 atom stereocenters. The van der Waals surface area contributed by atoms with Crippen LogP contribution in [0, 0.1) is 0 Å². The number of amides is 2. The van der Waals surface area contributed by atoms with Crippen LogP contribution in [0.15, 0.2) is 58.3 Å². The van der Waals surface area contributed by atoms with Gasteiger partial charge in [0.15, 0.2) is 0 Å². The lowest BCUT2D eigenvalue weighted by Crippen LogP contribution is -2.52. The summed E-state index contributed by atoms with van der Waals surface area (Å²) >= 11 is 0. The summed E-state index contributed by atoms with van der Waals surface area (Å²) in [5, 5.41) is 4.54. The topological polar surface area (TPSA) is 126 Å². The van der Waals surface area contributed by atoms with Gasteiger partial charge in [-0.3, -0.25) is 9.59 Å². The zero-order valence-corrected chi connectivity index (χ0v) is 17.9. The summed E-state index contributed by atoms with van der Waals surface area (Å²) in [7, 11) is -11.2. The first kappa shape index (κ1) is 25.5. The molecule has 2 aromatic rings. The molecular formula is C18H12F6N2O6S2. The fraction of sp³-hybridized carbons (Fsp3) is 0.222. The van der Waals surface area contributed by atoms with Gasteiger partial charge in [0.1, 0.15) is 12.1 Å². The highest BCUT2D eigenvalue weighted by Crippen LogP contribution is 2.33. The fourth-order valence-corrected chi connectivity index (χ4v) is 4.52. The van der Waals surface area contributed by atoms with E-state index in [1.165, 1.54) is 0 Å². The lowest BCUT2D eigenvalue weighted by Gasteiger charge is -2.30. The van der Waals surface area contributed by atoms with E-state index >= 15 is 0 Å². The Morgan fingerprint density at radius 2 is 0.824 bits per heavy atom. The van der Waals surface area contributed by atoms with Gasteiger partial charge in [-0.15, -0.1) is 0 Å². The average Bonchev–Trinajstić information content (AvgIpc) is 2.73. The van der Waals surface area contributed by atoms with Crippen LogP contribution in [0.2, 0.25) is 0 Å². The standard InChI is InChI=1S/C18H12F6N2O6S2/c19-17(20,21)33(29,30)11-5-1-9(2-6-11)13-15(27)26-14(16(28)25-13)10-3-7-12(8-4-10)34(31,32)18(22,23)24/h1-8,13-14H,(H,25,28)(H,26,27)/t13-,14-/m1/s1. The largest absolute Gasteiger partial charge is 0.501 e. The summed E-state index contributed by atoms with van der Waals surface area (Å²) in [6.07, 6.45) is 0. The summed E-state index contributed by atoms with van der Waals surface area (Å²) in [6.45, 7) is 0. The van der Waals surface area contributed by atoms with Gasteiger partial charge in [-0.2, -0.15) is 26.3 Å². The Hall–Kier alpha value is -3.14. The number of piperazine rings is 1. The number of alkyl halides is 6. The number of carbonyl (C=O) groups is 2. The van der Waals surface area contributed by atoms with Gasteiger partial charge in [0.2, 0.25) is 11.8 Å².